The molecule has 3 nitrogen and oxygen atoms in total. The number of alkyl halides is 2. The van der Waals surface area contributed by atoms with Gasteiger partial charge in [0.05, 0.1) is 6.54 Å². The molecule has 1 N–H and O–H groups in total. The summed E-state index contributed by atoms with van der Waals surface area (Å²) in [4.78, 5) is 11.7. The van der Waals surface area contributed by atoms with Crippen molar-refractivity contribution in [1.82, 2.24) is 0 Å². The molecule has 0 aliphatic rings. The molecule has 1 aromatic carbocycles. The molecule has 0 atom stereocenters. The lowest BCUT2D eigenvalue weighted by molar-refractivity contribution is -0.131. The first-order chi connectivity index (χ1) is 7.99. The minimum absolute atomic E-state index is 0.329. The monoisotopic (exact) mass is 241 g/mol. The van der Waals surface area contributed by atoms with Gasteiger partial charge >= 0.3 is 5.97 Å². The van der Waals surface area contributed by atoms with Crippen LogP contribution in [0.3, 0.4) is 0 Å². The van der Waals surface area contributed by atoms with Crippen LogP contribution >= 0.6 is 0 Å². The first-order valence-corrected chi connectivity index (χ1v) is 4.99. The van der Waals surface area contributed by atoms with Crippen molar-refractivity contribution in [3.63, 3.8) is 0 Å². The summed E-state index contributed by atoms with van der Waals surface area (Å²) >= 11 is 0. The van der Waals surface area contributed by atoms with E-state index in [1.165, 1.54) is 11.0 Å². The van der Waals surface area contributed by atoms with Gasteiger partial charge in [0.2, 0.25) is 0 Å². The number of halogens is 2. The third kappa shape index (κ3) is 4.63. The van der Waals surface area contributed by atoms with Crippen molar-refractivity contribution < 1.29 is 18.7 Å². The fourth-order valence-corrected chi connectivity index (χ4v) is 1.32. The van der Waals surface area contributed by atoms with Gasteiger partial charge in [0.1, 0.15) is 0 Å². The van der Waals surface area contributed by atoms with Crippen molar-refractivity contribution in [2.75, 3.05) is 18.5 Å². The molecular weight excluding hydrogens is 228 g/mol. The Hall–Kier alpha value is -1.91. The zero-order valence-electron chi connectivity index (χ0n) is 9.31. The molecule has 0 aliphatic heterocycles. The Balaban J connectivity index is 2.70. The lowest BCUT2D eigenvalue weighted by atomic mass is 10.2. The molecule has 0 heterocycles. The van der Waals surface area contributed by atoms with Crippen LogP contribution in [0.4, 0.5) is 14.5 Å². The van der Waals surface area contributed by atoms with Crippen molar-refractivity contribution >= 4 is 17.7 Å². The molecule has 0 fully saturated rings. The van der Waals surface area contributed by atoms with Crippen molar-refractivity contribution in [1.29, 1.82) is 0 Å². The second-order valence-electron chi connectivity index (χ2n) is 3.53. The summed E-state index contributed by atoms with van der Waals surface area (Å²) in [6.45, 7) is -0.329. The van der Waals surface area contributed by atoms with Crippen LogP contribution in [-0.2, 0) is 4.79 Å². The van der Waals surface area contributed by atoms with Crippen LogP contribution < -0.4 is 4.90 Å². The molecule has 0 aliphatic carbocycles. The van der Waals surface area contributed by atoms with Gasteiger partial charge in [-0.3, -0.25) is 0 Å². The highest BCUT2D eigenvalue weighted by Crippen LogP contribution is 2.15. The largest absolute Gasteiger partial charge is 0.478 e. The first kappa shape index (κ1) is 13.2. The van der Waals surface area contributed by atoms with Crippen LogP contribution in [0.25, 0.3) is 6.08 Å². The Morgan fingerprint density at radius 1 is 1.41 bits per heavy atom. The summed E-state index contributed by atoms with van der Waals surface area (Å²) in [6.07, 6.45) is 0.0866. The Kier molecular flexibility index (Phi) is 4.63. The fraction of sp³-hybridized carbons (Fsp3) is 0.250. The predicted octanol–water partition coefficient (Wildman–Crippen LogP) is 2.49. The number of anilines is 1. The summed E-state index contributed by atoms with van der Waals surface area (Å²) in [6, 6.07) is 6.70. The number of carboxylic acid groups (broad SMARTS) is 1. The number of carbonyl (C=O) groups is 1. The minimum atomic E-state index is -2.38. The van der Waals surface area contributed by atoms with Crippen molar-refractivity contribution in [2.24, 2.45) is 0 Å². The number of nitrogens with zero attached hydrogens (tertiary/aromatic N) is 1. The zero-order chi connectivity index (χ0) is 12.8. The molecule has 0 aromatic heterocycles. The first-order valence-electron chi connectivity index (χ1n) is 4.99. The quantitative estimate of drug-likeness (QED) is 0.805. The number of hydrogen-bond donors (Lipinski definition) is 1. The molecule has 5 heteroatoms. The van der Waals surface area contributed by atoms with E-state index >= 15 is 0 Å². The van der Waals surface area contributed by atoms with Gasteiger partial charge in [-0.25, -0.2) is 13.6 Å². The highest BCUT2D eigenvalue weighted by atomic mass is 19.3. The van der Waals surface area contributed by atoms with Crippen molar-refractivity contribution in [3.05, 3.63) is 35.9 Å². The smallest absolute Gasteiger partial charge is 0.328 e. The van der Waals surface area contributed by atoms with E-state index in [-0.39, 0.29) is 6.54 Å². The topological polar surface area (TPSA) is 40.5 Å². The Labute approximate surface area is 98.0 Å². The summed E-state index contributed by atoms with van der Waals surface area (Å²) in [7, 11) is 1.58. The second-order valence-corrected chi connectivity index (χ2v) is 3.53. The minimum Gasteiger partial charge on any atom is -0.478 e. The fourth-order valence-electron chi connectivity index (χ4n) is 1.32. The Morgan fingerprint density at radius 3 is 2.47 bits per heavy atom. The van der Waals surface area contributed by atoms with Crippen LogP contribution in [-0.4, -0.2) is 31.1 Å². The molecular formula is C12H13F2NO2. The lowest BCUT2D eigenvalue weighted by Gasteiger charge is -2.18. The molecule has 0 spiro atoms. The SMILES string of the molecule is CN(CC(F)F)c1ccc(/C=C/C(=O)O)cc1. The Bertz CT molecular complexity index is 401. The molecule has 17 heavy (non-hydrogen) atoms. The van der Waals surface area contributed by atoms with Crippen LogP contribution in [0, 0.1) is 0 Å². The molecule has 0 radical (unpaired) electrons. The van der Waals surface area contributed by atoms with Gasteiger partial charge in [0.15, 0.2) is 0 Å². The summed E-state index contributed by atoms with van der Waals surface area (Å²) in [5.41, 5.74) is 1.37. The van der Waals surface area contributed by atoms with Crippen LogP contribution in [0.5, 0.6) is 0 Å². The maximum atomic E-state index is 12.1. The zero-order valence-corrected chi connectivity index (χ0v) is 9.31. The molecule has 0 unspecified atom stereocenters. The predicted molar refractivity (Wildman–Crippen MR) is 62.4 cm³/mol. The molecule has 0 saturated carbocycles. The number of hydrogen-bond acceptors (Lipinski definition) is 2. The van der Waals surface area contributed by atoms with Crippen LogP contribution in [0.15, 0.2) is 30.3 Å². The van der Waals surface area contributed by atoms with Gasteiger partial charge in [-0.2, -0.15) is 0 Å². The number of benzene rings is 1. The number of aliphatic carboxylic acids is 1. The third-order valence-corrected chi connectivity index (χ3v) is 2.16. The molecule has 0 bridgehead atoms. The van der Waals surface area contributed by atoms with Gasteiger partial charge in [0.25, 0.3) is 6.43 Å². The van der Waals surface area contributed by atoms with Crippen LogP contribution in [0.1, 0.15) is 5.56 Å². The van der Waals surface area contributed by atoms with Crippen LogP contribution in [0.2, 0.25) is 0 Å². The average molecular weight is 241 g/mol. The van der Waals surface area contributed by atoms with Gasteiger partial charge < -0.3 is 10.0 Å². The van der Waals surface area contributed by atoms with E-state index in [1.807, 2.05) is 0 Å². The highest BCUT2D eigenvalue weighted by molar-refractivity contribution is 5.85. The van der Waals surface area contributed by atoms with E-state index in [2.05, 4.69) is 0 Å². The second kappa shape index (κ2) is 5.98. The van der Waals surface area contributed by atoms with Crippen molar-refractivity contribution in [3.8, 4) is 0 Å². The number of rotatable bonds is 5. The van der Waals surface area contributed by atoms with Crippen molar-refractivity contribution in [2.45, 2.75) is 6.43 Å². The summed E-state index contributed by atoms with van der Waals surface area (Å²) in [5.74, 6) is -1.02. The van der Waals surface area contributed by atoms with Gasteiger partial charge in [-0.1, -0.05) is 12.1 Å². The normalized spacial score (nSPS) is 11.1. The highest BCUT2D eigenvalue weighted by Gasteiger charge is 2.07. The molecule has 0 saturated heterocycles. The number of carboxylic acids is 1. The maximum Gasteiger partial charge on any atom is 0.328 e. The van der Waals surface area contributed by atoms with E-state index in [0.29, 0.717) is 11.3 Å². The van der Waals surface area contributed by atoms with E-state index in [0.717, 1.165) is 6.08 Å². The van der Waals surface area contributed by atoms with E-state index in [9.17, 15) is 13.6 Å². The maximum absolute atomic E-state index is 12.1. The van der Waals surface area contributed by atoms with E-state index < -0.39 is 12.4 Å². The standard InChI is InChI=1S/C12H13F2NO2/c1-15(8-11(13)14)10-5-2-9(3-6-10)4-7-12(16)17/h2-7,11H,8H2,1H3,(H,16,17)/b7-4+. The van der Waals surface area contributed by atoms with Gasteiger partial charge in [-0.05, 0) is 23.8 Å². The van der Waals surface area contributed by atoms with E-state index in [1.54, 1.807) is 31.3 Å². The lowest BCUT2D eigenvalue weighted by Crippen LogP contribution is -2.23. The molecule has 1 rings (SSSR count). The Morgan fingerprint density at radius 2 is 2.00 bits per heavy atom. The average Bonchev–Trinajstić information content (AvgIpc) is 2.26. The molecule has 92 valence electrons. The molecule has 0 amide bonds. The summed E-state index contributed by atoms with van der Waals surface area (Å²) < 4.78 is 24.3. The van der Waals surface area contributed by atoms with Gasteiger partial charge in [0, 0.05) is 18.8 Å². The van der Waals surface area contributed by atoms with E-state index in [4.69, 9.17) is 5.11 Å². The summed E-state index contributed by atoms with van der Waals surface area (Å²) in [5, 5.41) is 8.44. The molecule has 1 aromatic rings. The third-order valence-electron chi connectivity index (χ3n) is 2.16. The van der Waals surface area contributed by atoms with Gasteiger partial charge in [-0.15, -0.1) is 0 Å².